The number of ether oxygens (including phenoxy) is 1. The molecular formula is C18H24FN3O3. The number of urea groups is 1. The van der Waals surface area contributed by atoms with Crippen LogP contribution in [0.2, 0.25) is 0 Å². The van der Waals surface area contributed by atoms with Gasteiger partial charge >= 0.3 is 6.03 Å². The summed E-state index contributed by atoms with van der Waals surface area (Å²) in [5, 5.41) is 2.74. The van der Waals surface area contributed by atoms with Gasteiger partial charge in [0.1, 0.15) is 11.9 Å². The van der Waals surface area contributed by atoms with E-state index >= 15 is 0 Å². The molecule has 0 saturated carbocycles. The first-order valence-corrected chi connectivity index (χ1v) is 8.71. The van der Waals surface area contributed by atoms with Gasteiger partial charge in [-0.3, -0.25) is 4.79 Å². The molecule has 136 valence electrons. The number of carbonyl (C=O) groups is 2. The summed E-state index contributed by atoms with van der Waals surface area (Å²) in [7, 11) is 0. The molecule has 2 saturated heterocycles. The maximum absolute atomic E-state index is 13.0. The molecule has 1 N–H and O–H groups in total. The second-order valence-corrected chi connectivity index (χ2v) is 6.79. The highest BCUT2D eigenvalue weighted by atomic mass is 19.1. The Labute approximate surface area is 146 Å². The van der Waals surface area contributed by atoms with Crippen molar-refractivity contribution >= 4 is 17.6 Å². The van der Waals surface area contributed by atoms with Gasteiger partial charge in [-0.25, -0.2) is 9.18 Å². The molecule has 1 aromatic carbocycles. The Morgan fingerprint density at radius 3 is 2.44 bits per heavy atom. The summed E-state index contributed by atoms with van der Waals surface area (Å²) < 4.78 is 18.7. The molecule has 0 bridgehead atoms. The molecular weight excluding hydrogens is 325 g/mol. The summed E-state index contributed by atoms with van der Waals surface area (Å²) in [5.41, 5.74) is 0.512. The van der Waals surface area contributed by atoms with Gasteiger partial charge in [0.25, 0.3) is 0 Å². The predicted molar refractivity (Wildman–Crippen MR) is 91.7 cm³/mol. The minimum Gasteiger partial charge on any atom is -0.372 e. The fraction of sp³-hybridized carbons (Fsp3) is 0.556. The van der Waals surface area contributed by atoms with E-state index in [0.717, 1.165) is 6.42 Å². The first-order valence-electron chi connectivity index (χ1n) is 8.71. The van der Waals surface area contributed by atoms with Gasteiger partial charge in [-0.05, 0) is 51.0 Å². The molecule has 0 aliphatic carbocycles. The molecule has 1 aromatic rings. The lowest BCUT2D eigenvalue weighted by Crippen LogP contribution is -2.55. The number of nitrogens with one attached hydrogen (secondary N) is 1. The summed E-state index contributed by atoms with van der Waals surface area (Å²) in [6.45, 7) is 5.53. The minimum atomic E-state index is -0.446. The van der Waals surface area contributed by atoms with Crippen LogP contribution in [-0.2, 0) is 9.53 Å². The molecule has 3 amide bonds. The smallest absolute Gasteiger partial charge is 0.322 e. The normalized spacial score (nSPS) is 26.6. The van der Waals surface area contributed by atoms with Crippen molar-refractivity contribution in [2.75, 3.05) is 25.0 Å². The van der Waals surface area contributed by atoms with Gasteiger partial charge in [-0.2, -0.15) is 0 Å². The quantitative estimate of drug-likeness (QED) is 0.892. The number of amides is 3. The number of morpholine rings is 1. The Bertz CT molecular complexity index is 627. The van der Waals surface area contributed by atoms with Crippen molar-refractivity contribution in [1.29, 1.82) is 0 Å². The van der Waals surface area contributed by atoms with Gasteiger partial charge in [0.05, 0.1) is 12.2 Å². The second-order valence-electron chi connectivity index (χ2n) is 6.79. The molecule has 0 spiro atoms. The van der Waals surface area contributed by atoms with Crippen LogP contribution in [0.5, 0.6) is 0 Å². The number of hydrogen-bond donors (Lipinski definition) is 1. The predicted octanol–water partition coefficient (Wildman–Crippen LogP) is 2.46. The van der Waals surface area contributed by atoms with Crippen molar-refractivity contribution in [2.45, 2.75) is 44.9 Å². The highest BCUT2D eigenvalue weighted by Gasteiger charge is 2.38. The Morgan fingerprint density at radius 2 is 1.80 bits per heavy atom. The fourth-order valence-corrected chi connectivity index (χ4v) is 3.56. The Hall–Kier alpha value is -2.15. The number of carbonyl (C=O) groups excluding carboxylic acids is 2. The summed E-state index contributed by atoms with van der Waals surface area (Å²) in [5.74, 6) is -0.378. The first kappa shape index (κ1) is 17.7. The maximum atomic E-state index is 13.0. The topological polar surface area (TPSA) is 61.9 Å². The van der Waals surface area contributed by atoms with Crippen molar-refractivity contribution < 1.29 is 18.7 Å². The molecule has 2 heterocycles. The van der Waals surface area contributed by atoms with Gasteiger partial charge < -0.3 is 19.9 Å². The van der Waals surface area contributed by atoms with E-state index in [2.05, 4.69) is 5.32 Å². The number of likely N-dealkylation sites (tertiary alicyclic amines) is 1. The molecule has 6 nitrogen and oxygen atoms in total. The second kappa shape index (κ2) is 7.39. The molecule has 2 fully saturated rings. The number of halogens is 1. The lowest BCUT2D eigenvalue weighted by molar-refractivity contribution is -0.146. The lowest BCUT2D eigenvalue weighted by Gasteiger charge is -2.38. The van der Waals surface area contributed by atoms with Crippen molar-refractivity contribution in [1.82, 2.24) is 9.80 Å². The van der Waals surface area contributed by atoms with E-state index in [-0.39, 0.29) is 30.0 Å². The van der Waals surface area contributed by atoms with E-state index in [1.807, 2.05) is 13.8 Å². The van der Waals surface area contributed by atoms with Crippen LogP contribution in [0.3, 0.4) is 0 Å². The van der Waals surface area contributed by atoms with Crippen LogP contribution in [-0.4, -0.2) is 59.6 Å². The van der Waals surface area contributed by atoms with E-state index in [0.29, 0.717) is 31.7 Å². The van der Waals surface area contributed by atoms with Crippen LogP contribution in [0.25, 0.3) is 0 Å². The largest absolute Gasteiger partial charge is 0.372 e. The van der Waals surface area contributed by atoms with Crippen molar-refractivity contribution in [3.8, 4) is 0 Å². The zero-order valence-electron chi connectivity index (χ0n) is 14.6. The van der Waals surface area contributed by atoms with Gasteiger partial charge in [-0.1, -0.05) is 0 Å². The Balaban J connectivity index is 1.66. The molecule has 3 unspecified atom stereocenters. The number of hydrogen-bond acceptors (Lipinski definition) is 3. The van der Waals surface area contributed by atoms with Gasteiger partial charge in [-0.15, -0.1) is 0 Å². The third-order valence-electron chi connectivity index (χ3n) is 4.63. The molecule has 2 aliphatic rings. The Morgan fingerprint density at radius 1 is 1.16 bits per heavy atom. The van der Waals surface area contributed by atoms with Crippen LogP contribution in [0.15, 0.2) is 24.3 Å². The molecule has 25 heavy (non-hydrogen) atoms. The van der Waals surface area contributed by atoms with E-state index < -0.39 is 6.04 Å². The third kappa shape index (κ3) is 4.10. The maximum Gasteiger partial charge on any atom is 0.322 e. The molecule has 0 aromatic heterocycles. The fourth-order valence-electron chi connectivity index (χ4n) is 3.56. The summed E-state index contributed by atoms with van der Waals surface area (Å²) >= 11 is 0. The standard InChI is InChI=1S/C18H24FN3O3/c1-12-10-21(11-13(2)25-12)17(23)16-4-3-9-22(16)18(24)20-15-7-5-14(19)6-8-15/h5-8,12-13,16H,3-4,9-11H2,1-2H3,(H,20,24). The van der Waals surface area contributed by atoms with Crippen molar-refractivity contribution in [2.24, 2.45) is 0 Å². The third-order valence-corrected chi connectivity index (χ3v) is 4.63. The molecule has 2 aliphatic heterocycles. The van der Waals surface area contributed by atoms with E-state index in [9.17, 15) is 14.0 Å². The van der Waals surface area contributed by atoms with Crippen LogP contribution < -0.4 is 5.32 Å². The zero-order valence-corrected chi connectivity index (χ0v) is 14.6. The number of anilines is 1. The van der Waals surface area contributed by atoms with Crippen molar-refractivity contribution in [3.05, 3.63) is 30.1 Å². The number of benzene rings is 1. The average molecular weight is 349 g/mol. The lowest BCUT2D eigenvalue weighted by atomic mass is 10.1. The van der Waals surface area contributed by atoms with Crippen LogP contribution in [0.1, 0.15) is 26.7 Å². The molecule has 0 radical (unpaired) electrons. The number of nitrogens with zero attached hydrogens (tertiary/aromatic N) is 2. The average Bonchev–Trinajstić information content (AvgIpc) is 3.05. The van der Waals surface area contributed by atoms with Crippen LogP contribution in [0, 0.1) is 5.82 Å². The van der Waals surface area contributed by atoms with Crippen LogP contribution in [0.4, 0.5) is 14.9 Å². The van der Waals surface area contributed by atoms with E-state index in [1.54, 1.807) is 9.80 Å². The van der Waals surface area contributed by atoms with Gasteiger partial charge in [0.2, 0.25) is 5.91 Å². The van der Waals surface area contributed by atoms with Crippen molar-refractivity contribution in [3.63, 3.8) is 0 Å². The SMILES string of the molecule is CC1CN(C(=O)C2CCCN2C(=O)Nc2ccc(F)cc2)CC(C)O1. The molecule has 7 heteroatoms. The molecule has 3 rings (SSSR count). The van der Waals surface area contributed by atoms with E-state index in [4.69, 9.17) is 4.74 Å². The Kier molecular flexibility index (Phi) is 5.22. The monoisotopic (exact) mass is 349 g/mol. The highest BCUT2D eigenvalue weighted by Crippen LogP contribution is 2.23. The first-order chi connectivity index (χ1) is 11.9. The minimum absolute atomic E-state index is 0.00408. The van der Waals surface area contributed by atoms with Crippen LogP contribution >= 0.6 is 0 Å². The highest BCUT2D eigenvalue weighted by molar-refractivity contribution is 5.94. The number of rotatable bonds is 2. The van der Waals surface area contributed by atoms with Gasteiger partial charge in [0, 0.05) is 25.3 Å². The zero-order chi connectivity index (χ0) is 18.0. The van der Waals surface area contributed by atoms with E-state index in [1.165, 1.54) is 24.3 Å². The van der Waals surface area contributed by atoms with Gasteiger partial charge in [0.15, 0.2) is 0 Å². The molecule has 3 atom stereocenters. The summed E-state index contributed by atoms with van der Waals surface area (Å²) in [4.78, 5) is 28.8. The summed E-state index contributed by atoms with van der Waals surface area (Å²) in [6, 6.07) is 4.82. The summed E-state index contributed by atoms with van der Waals surface area (Å²) in [6.07, 6.45) is 1.45.